The van der Waals surface area contributed by atoms with Gasteiger partial charge in [0.2, 0.25) is 0 Å². The average Bonchev–Trinajstić information content (AvgIpc) is 2.46. The Hall–Kier alpha value is -1.39. The standard InChI is InChI=1S/C15H21NO3/c1-12(7-8-13-5-3-2-4-6-13)16-9-10-19-11-14(16)15(17)18/h2-6,12,14H,7-11H2,1H3,(H,17,18). The van der Waals surface area contributed by atoms with E-state index in [2.05, 4.69) is 24.0 Å². The van der Waals surface area contributed by atoms with E-state index >= 15 is 0 Å². The Morgan fingerprint density at radius 1 is 1.47 bits per heavy atom. The molecule has 0 spiro atoms. The molecule has 1 aliphatic rings. The molecule has 0 saturated carbocycles. The van der Waals surface area contributed by atoms with Gasteiger partial charge in [0.15, 0.2) is 0 Å². The highest BCUT2D eigenvalue weighted by Gasteiger charge is 2.31. The van der Waals surface area contributed by atoms with Crippen LogP contribution in [0.2, 0.25) is 0 Å². The second-order valence-electron chi connectivity index (χ2n) is 5.04. The zero-order chi connectivity index (χ0) is 13.7. The predicted molar refractivity (Wildman–Crippen MR) is 73.2 cm³/mol. The van der Waals surface area contributed by atoms with Gasteiger partial charge in [0.05, 0.1) is 13.2 Å². The maximum Gasteiger partial charge on any atom is 0.323 e. The highest BCUT2D eigenvalue weighted by Crippen LogP contribution is 2.16. The number of rotatable bonds is 5. The first kappa shape index (κ1) is 14.0. The zero-order valence-electron chi connectivity index (χ0n) is 11.3. The van der Waals surface area contributed by atoms with Crippen molar-refractivity contribution in [3.05, 3.63) is 35.9 Å². The second-order valence-corrected chi connectivity index (χ2v) is 5.04. The highest BCUT2D eigenvalue weighted by molar-refractivity contribution is 5.73. The molecule has 1 fully saturated rings. The topological polar surface area (TPSA) is 49.8 Å². The van der Waals surface area contributed by atoms with E-state index < -0.39 is 12.0 Å². The van der Waals surface area contributed by atoms with E-state index in [0.717, 1.165) is 12.8 Å². The van der Waals surface area contributed by atoms with Crippen LogP contribution in [0.3, 0.4) is 0 Å². The van der Waals surface area contributed by atoms with E-state index in [1.54, 1.807) is 0 Å². The molecular formula is C15H21NO3. The van der Waals surface area contributed by atoms with Crippen molar-refractivity contribution in [2.45, 2.75) is 31.8 Å². The minimum atomic E-state index is -0.786. The Kier molecular flexibility index (Phi) is 4.93. The molecule has 4 heteroatoms. The molecule has 0 aromatic heterocycles. The van der Waals surface area contributed by atoms with Gasteiger partial charge in [0.25, 0.3) is 0 Å². The molecule has 2 unspecified atom stereocenters. The summed E-state index contributed by atoms with van der Waals surface area (Å²) in [5.41, 5.74) is 1.30. The van der Waals surface area contributed by atoms with Gasteiger partial charge in [-0.1, -0.05) is 30.3 Å². The van der Waals surface area contributed by atoms with Gasteiger partial charge < -0.3 is 9.84 Å². The molecule has 0 aliphatic carbocycles. The third kappa shape index (κ3) is 3.78. The summed E-state index contributed by atoms with van der Waals surface area (Å²) in [6.45, 7) is 3.72. The number of nitrogens with zero attached hydrogens (tertiary/aromatic N) is 1. The number of hydrogen-bond acceptors (Lipinski definition) is 3. The number of benzene rings is 1. The number of carboxylic acids is 1. The van der Waals surface area contributed by atoms with Crippen LogP contribution in [0.1, 0.15) is 18.9 Å². The molecule has 1 saturated heterocycles. The van der Waals surface area contributed by atoms with Crippen molar-refractivity contribution >= 4 is 5.97 Å². The van der Waals surface area contributed by atoms with Crippen molar-refractivity contribution in [2.24, 2.45) is 0 Å². The van der Waals surface area contributed by atoms with Crippen LogP contribution in [0, 0.1) is 0 Å². The van der Waals surface area contributed by atoms with Crippen molar-refractivity contribution in [1.29, 1.82) is 0 Å². The summed E-state index contributed by atoms with van der Waals surface area (Å²) in [5.74, 6) is -0.786. The molecule has 1 aliphatic heterocycles. The Bertz CT molecular complexity index is 407. The lowest BCUT2D eigenvalue weighted by molar-refractivity contribution is -0.151. The van der Waals surface area contributed by atoms with E-state index in [1.807, 2.05) is 18.2 Å². The van der Waals surface area contributed by atoms with Gasteiger partial charge >= 0.3 is 5.97 Å². The summed E-state index contributed by atoms with van der Waals surface area (Å²) in [5, 5.41) is 9.22. The Balaban J connectivity index is 1.90. The first-order valence-corrected chi connectivity index (χ1v) is 6.78. The zero-order valence-corrected chi connectivity index (χ0v) is 11.3. The fourth-order valence-electron chi connectivity index (χ4n) is 2.54. The van der Waals surface area contributed by atoms with E-state index in [0.29, 0.717) is 19.8 Å². The van der Waals surface area contributed by atoms with E-state index in [4.69, 9.17) is 4.74 Å². The molecule has 1 aromatic carbocycles. The molecule has 1 aromatic rings. The van der Waals surface area contributed by atoms with Gasteiger partial charge in [0, 0.05) is 12.6 Å². The Labute approximate surface area is 114 Å². The normalized spacial score (nSPS) is 22.1. The van der Waals surface area contributed by atoms with Crippen LogP contribution in [-0.4, -0.2) is 47.8 Å². The molecule has 0 radical (unpaired) electrons. The summed E-state index contributed by atoms with van der Waals surface area (Å²) >= 11 is 0. The fraction of sp³-hybridized carbons (Fsp3) is 0.533. The number of aryl methyl sites for hydroxylation is 1. The van der Waals surface area contributed by atoms with Gasteiger partial charge in [-0.3, -0.25) is 9.69 Å². The van der Waals surface area contributed by atoms with Crippen molar-refractivity contribution < 1.29 is 14.6 Å². The number of morpholine rings is 1. The number of hydrogen-bond donors (Lipinski definition) is 1. The van der Waals surface area contributed by atoms with Crippen LogP contribution in [0.5, 0.6) is 0 Å². The van der Waals surface area contributed by atoms with E-state index in [9.17, 15) is 9.90 Å². The minimum absolute atomic E-state index is 0.255. The van der Waals surface area contributed by atoms with Crippen LogP contribution in [0.4, 0.5) is 0 Å². The number of ether oxygens (including phenoxy) is 1. The largest absolute Gasteiger partial charge is 0.480 e. The monoisotopic (exact) mass is 263 g/mol. The Morgan fingerprint density at radius 2 is 2.21 bits per heavy atom. The SMILES string of the molecule is CC(CCc1ccccc1)N1CCOCC1C(=O)O. The Morgan fingerprint density at radius 3 is 2.89 bits per heavy atom. The van der Waals surface area contributed by atoms with Crippen molar-refractivity contribution in [1.82, 2.24) is 4.90 Å². The van der Waals surface area contributed by atoms with Crippen molar-refractivity contribution in [2.75, 3.05) is 19.8 Å². The fourth-order valence-corrected chi connectivity index (χ4v) is 2.54. The van der Waals surface area contributed by atoms with Crippen LogP contribution in [0.25, 0.3) is 0 Å². The lowest BCUT2D eigenvalue weighted by Crippen LogP contribution is -2.53. The number of carboxylic acid groups (broad SMARTS) is 1. The molecule has 1 heterocycles. The summed E-state index contributed by atoms with van der Waals surface area (Å²) < 4.78 is 5.26. The molecule has 0 amide bonds. The summed E-state index contributed by atoms with van der Waals surface area (Å²) in [7, 11) is 0. The van der Waals surface area contributed by atoms with Crippen molar-refractivity contribution in [3.8, 4) is 0 Å². The van der Waals surface area contributed by atoms with Crippen LogP contribution < -0.4 is 0 Å². The molecule has 0 bridgehead atoms. The maximum atomic E-state index is 11.2. The van der Waals surface area contributed by atoms with Crippen molar-refractivity contribution in [3.63, 3.8) is 0 Å². The second kappa shape index (κ2) is 6.68. The molecule has 4 nitrogen and oxygen atoms in total. The van der Waals surface area contributed by atoms with Gasteiger partial charge in [-0.2, -0.15) is 0 Å². The summed E-state index contributed by atoms with van der Waals surface area (Å²) in [6.07, 6.45) is 1.94. The first-order valence-electron chi connectivity index (χ1n) is 6.78. The number of aliphatic carboxylic acids is 1. The van der Waals surface area contributed by atoms with Crippen LogP contribution in [-0.2, 0) is 16.0 Å². The molecular weight excluding hydrogens is 242 g/mol. The lowest BCUT2D eigenvalue weighted by atomic mass is 10.0. The first-order chi connectivity index (χ1) is 9.18. The summed E-state index contributed by atoms with van der Waals surface area (Å²) in [6, 6.07) is 10.1. The summed E-state index contributed by atoms with van der Waals surface area (Å²) in [4.78, 5) is 13.3. The molecule has 2 rings (SSSR count). The molecule has 2 atom stereocenters. The van der Waals surface area contributed by atoms with Crippen LogP contribution in [0.15, 0.2) is 30.3 Å². The van der Waals surface area contributed by atoms with E-state index in [-0.39, 0.29) is 6.04 Å². The molecule has 19 heavy (non-hydrogen) atoms. The molecule has 104 valence electrons. The van der Waals surface area contributed by atoms with E-state index in [1.165, 1.54) is 5.56 Å². The van der Waals surface area contributed by atoms with Gasteiger partial charge in [-0.15, -0.1) is 0 Å². The minimum Gasteiger partial charge on any atom is -0.480 e. The maximum absolute atomic E-state index is 11.2. The lowest BCUT2D eigenvalue weighted by Gasteiger charge is -2.37. The molecule has 1 N–H and O–H groups in total. The highest BCUT2D eigenvalue weighted by atomic mass is 16.5. The van der Waals surface area contributed by atoms with Gasteiger partial charge in [0.1, 0.15) is 6.04 Å². The third-order valence-corrected chi connectivity index (χ3v) is 3.71. The van der Waals surface area contributed by atoms with Crippen LogP contribution >= 0.6 is 0 Å². The quantitative estimate of drug-likeness (QED) is 0.880. The smallest absolute Gasteiger partial charge is 0.323 e. The average molecular weight is 263 g/mol. The van der Waals surface area contributed by atoms with Gasteiger partial charge in [-0.05, 0) is 25.3 Å². The third-order valence-electron chi connectivity index (χ3n) is 3.71. The number of carbonyl (C=O) groups is 1. The predicted octanol–water partition coefficient (Wildman–Crippen LogP) is 1.79. The van der Waals surface area contributed by atoms with Gasteiger partial charge in [-0.25, -0.2) is 0 Å².